The minimum absolute atomic E-state index is 0.272. The molecular formula is C33H31N3O8S. The molecule has 2 heterocycles. The summed E-state index contributed by atoms with van der Waals surface area (Å²) in [5.41, 5.74) is 2.20. The van der Waals surface area contributed by atoms with Crippen LogP contribution < -0.4 is 39.2 Å². The average Bonchev–Trinajstić information content (AvgIpc) is 3.33. The zero-order valence-electron chi connectivity index (χ0n) is 25.0. The number of aliphatic carboxylic acids is 1. The van der Waals surface area contributed by atoms with Crippen LogP contribution in [0.2, 0.25) is 0 Å². The molecule has 1 aliphatic rings. The molecule has 3 aromatic carbocycles. The number of nitrogens with one attached hydrogen (secondary N) is 1. The van der Waals surface area contributed by atoms with E-state index in [0.717, 1.165) is 0 Å². The molecule has 1 amide bonds. The Kier molecular flexibility index (Phi) is 9.33. The molecule has 2 N–H and O–H groups in total. The molecule has 0 saturated heterocycles. The molecule has 5 rings (SSSR count). The molecule has 1 atom stereocenters. The van der Waals surface area contributed by atoms with Crippen molar-refractivity contribution in [2.45, 2.75) is 19.9 Å². The summed E-state index contributed by atoms with van der Waals surface area (Å²) in [7, 11) is 3.06. The molecule has 0 saturated carbocycles. The van der Waals surface area contributed by atoms with Crippen molar-refractivity contribution in [2.24, 2.45) is 4.99 Å². The van der Waals surface area contributed by atoms with E-state index in [1.807, 2.05) is 18.2 Å². The maximum Gasteiger partial charge on any atom is 0.341 e. The molecule has 0 radical (unpaired) electrons. The van der Waals surface area contributed by atoms with Gasteiger partial charge in [0.1, 0.15) is 17.5 Å². The van der Waals surface area contributed by atoms with Gasteiger partial charge in [0.25, 0.3) is 11.5 Å². The number of ether oxygens (including phenoxy) is 4. The number of fused-ring (bicyclic) bond motifs is 1. The fraction of sp³-hybridized carbons (Fsp3) is 0.212. The predicted molar refractivity (Wildman–Crippen MR) is 169 cm³/mol. The Morgan fingerprint density at radius 1 is 1.00 bits per heavy atom. The third-order valence-corrected chi connectivity index (χ3v) is 7.93. The summed E-state index contributed by atoms with van der Waals surface area (Å²) < 4.78 is 24.0. The quantitative estimate of drug-likeness (QED) is 0.256. The number of para-hydroxylation sites is 1. The van der Waals surface area contributed by atoms with E-state index in [1.165, 1.54) is 23.0 Å². The molecule has 4 aromatic rings. The number of rotatable bonds is 11. The Labute approximate surface area is 262 Å². The van der Waals surface area contributed by atoms with Crippen molar-refractivity contribution in [3.8, 4) is 23.0 Å². The van der Waals surface area contributed by atoms with Crippen LogP contribution in [0.1, 0.15) is 31.0 Å². The summed E-state index contributed by atoms with van der Waals surface area (Å²) in [5.74, 6) is 0.0912. The zero-order valence-corrected chi connectivity index (χ0v) is 25.8. The van der Waals surface area contributed by atoms with Gasteiger partial charge in [0.05, 0.1) is 36.6 Å². The Balaban J connectivity index is 1.66. The molecule has 45 heavy (non-hydrogen) atoms. The van der Waals surface area contributed by atoms with Gasteiger partial charge in [-0.3, -0.25) is 14.2 Å². The molecule has 1 aromatic heterocycles. The molecule has 0 aliphatic carbocycles. The van der Waals surface area contributed by atoms with E-state index >= 15 is 0 Å². The van der Waals surface area contributed by atoms with Gasteiger partial charge in [0, 0.05) is 17.3 Å². The van der Waals surface area contributed by atoms with Gasteiger partial charge in [-0.15, -0.1) is 0 Å². The summed E-state index contributed by atoms with van der Waals surface area (Å²) in [6.07, 6.45) is 1.69. The van der Waals surface area contributed by atoms with Gasteiger partial charge in [-0.05, 0) is 61.9 Å². The number of allylic oxidation sites excluding steroid dienone is 1. The number of carbonyl (C=O) groups is 2. The van der Waals surface area contributed by atoms with Crippen LogP contribution >= 0.6 is 11.3 Å². The summed E-state index contributed by atoms with van der Waals surface area (Å²) in [6.45, 7) is 3.34. The minimum atomic E-state index is -1.11. The van der Waals surface area contributed by atoms with Crippen LogP contribution in [0.4, 0.5) is 5.69 Å². The molecule has 0 bridgehead atoms. The number of carbonyl (C=O) groups excluding carboxylic acids is 1. The second kappa shape index (κ2) is 13.5. The maximum absolute atomic E-state index is 14.2. The van der Waals surface area contributed by atoms with Crippen molar-refractivity contribution < 1.29 is 33.6 Å². The smallest absolute Gasteiger partial charge is 0.341 e. The Morgan fingerprint density at radius 2 is 1.78 bits per heavy atom. The molecule has 0 unspecified atom stereocenters. The van der Waals surface area contributed by atoms with Crippen molar-refractivity contribution >= 4 is 35.0 Å². The number of thiazole rings is 1. The Hall–Kier alpha value is -5.36. The number of anilines is 1. The van der Waals surface area contributed by atoms with Gasteiger partial charge in [0.2, 0.25) is 0 Å². The second-order valence-electron chi connectivity index (χ2n) is 9.83. The third kappa shape index (κ3) is 6.60. The molecule has 1 aliphatic heterocycles. The average molecular weight is 630 g/mol. The van der Waals surface area contributed by atoms with Crippen LogP contribution in [-0.4, -0.2) is 49.0 Å². The van der Waals surface area contributed by atoms with Crippen LogP contribution in [0.25, 0.3) is 6.08 Å². The lowest BCUT2D eigenvalue weighted by atomic mass is 9.94. The lowest BCUT2D eigenvalue weighted by molar-refractivity contribution is -0.139. The number of nitrogens with zero attached hydrogens (tertiary/aromatic N) is 2. The van der Waals surface area contributed by atoms with Gasteiger partial charge in [-0.1, -0.05) is 35.6 Å². The third-order valence-electron chi connectivity index (χ3n) is 6.95. The van der Waals surface area contributed by atoms with Gasteiger partial charge in [-0.2, -0.15) is 0 Å². The standard InChI is InChI=1S/C33H31N3O8S/c1-5-43-26-15-20(11-14-24(26)44-18-28(37)38)16-27-32(40)36-30(23-13-12-22(41-3)17-25(23)42-4)29(19(2)34-33(36)45-27)31(39)35-21-9-7-6-8-10-21/h6-17,30H,5,18H2,1-4H3,(H,35,39)(H,37,38)/b27-16-/t30-/m0/s1. The van der Waals surface area contributed by atoms with E-state index in [0.29, 0.717) is 61.3 Å². The predicted octanol–water partition coefficient (Wildman–Crippen LogP) is 3.75. The monoisotopic (exact) mass is 629 g/mol. The van der Waals surface area contributed by atoms with Crippen molar-refractivity contribution in [1.82, 2.24) is 4.57 Å². The summed E-state index contributed by atoms with van der Waals surface area (Å²) in [5, 5.41) is 11.9. The number of hydrogen-bond acceptors (Lipinski definition) is 9. The van der Waals surface area contributed by atoms with Crippen LogP contribution in [0, 0.1) is 0 Å². The lowest BCUT2D eigenvalue weighted by Crippen LogP contribution is -2.40. The topological polar surface area (TPSA) is 138 Å². The van der Waals surface area contributed by atoms with Crippen molar-refractivity contribution in [1.29, 1.82) is 0 Å². The lowest BCUT2D eigenvalue weighted by Gasteiger charge is -2.26. The van der Waals surface area contributed by atoms with E-state index in [9.17, 15) is 14.4 Å². The highest BCUT2D eigenvalue weighted by atomic mass is 32.1. The Morgan fingerprint density at radius 3 is 2.47 bits per heavy atom. The molecule has 12 heteroatoms. The summed E-state index contributed by atoms with van der Waals surface area (Å²) in [6, 6.07) is 18.4. The number of amides is 1. The first-order valence-electron chi connectivity index (χ1n) is 14.0. The minimum Gasteiger partial charge on any atom is -0.497 e. The van der Waals surface area contributed by atoms with Crippen LogP contribution in [0.15, 0.2) is 87.8 Å². The van der Waals surface area contributed by atoms with Crippen LogP contribution in [-0.2, 0) is 9.59 Å². The van der Waals surface area contributed by atoms with Gasteiger partial charge < -0.3 is 29.4 Å². The normalized spacial score (nSPS) is 14.3. The largest absolute Gasteiger partial charge is 0.497 e. The fourth-order valence-electron chi connectivity index (χ4n) is 4.96. The highest BCUT2D eigenvalue weighted by Crippen LogP contribution is 2.37. The first kappa shape index (κ1) is 31.1. The number of carboxylic acids is 1. The number of hydrogen-bond donors (Lipinski definition) is 2. The maximum atomic E-state index is 14.2. The van der Waals surface area contributed by atoms with E-state index < -0.39 is 24.5 Å². The number of aromatic nitrogens is 1. The molecular weight excluding hydrogens is 598 g/mol. The van der Waals surface area contributed by atoms with Crippen LogP contribution in [0.3, 0.4) is 0 Å². The number of methoxy groups -OCH3 is 2. The van der Waals surface area contributed by atoms with Crippen molar-refractivity contribution in [3.63, 3.8) is 0 Å². The number of benzene rings is 3. The molecule has 232 valence electrons. The van der Waals surface area contributed by atoms with Gasteiger partial charge in [0.15, 0.2) is 22.9 Å². The zero-order chi connectivity index (χ0) is 32.1. The first-order chi connectivity index (χ1) is 21.7. The highest BCUT2D eigenvalue weighted by molar-refractivity contribution is 7.07. The Bertz CT molecular complexity index is 1960. The van der Waals surface area contributed by atoms with E-state index in [1.54, 1.807) is 75.6 Å². The molecule has 0 fully saturated rings. The molecule has 11 nitrogen and oxygen atoms in total. The van der Waals surface area contributed by atoms with Gasteiger partial charge in [-0.25, -0.2) is 9.79 Å². The van der Waals surface area contributed by atoms with E-state index in [2.05, 4.69) is 5.32 Å². The highest BCUT2D eigenvalue weighted by Gasteiger charge is 2.34. The first-order valence-corrected chi connectivity index (χ1v) is 14.8. The van der Waals surface area contributed by atoms with Gasteiger partial charge >= 0.3 is 5.97 Å². The van der Waals surface area contributed by atoms with E-state index in [-0.39, 0.29) is 11.3 Å². The summed E-state index contributed by atoms with van der Waals surface area (Å²) in [4.78, 5) is 44.1. The van der Waals surface area contributed by atoms with Crippen LogP contribution in [0.5, 0.6) is 23.0 Å². The second-order valence-corrected chi connectivity index (χ2v) is 10.8. The fourth-order valence-corrected chi connectivity index (χ4v) is 6.01. The summed E-state index contributed by atoms with van der Waals surface area (Å²) >= 11 is 1.18. The van der Waals surface area contributed by atoms with E-state index in [4.69, 9.17) is 29.0 Å². The van der Waals surface area contributed by atoms with Crippen molar-refractivity contribution in [2.75, 3.05) is 32.8 Å². The number of carboxylic acid groups (broad SMARTS) is 1. The van der Waals surface area contributed by atoms with Crippen molar-refractivity contribution in [3.05, 3.63) is 109 Å². The molecule has 0 spiro atoms. The SMILES string of the molecule is CCOc1cc(/C=c2\sc3n(c2=O)[C@@H](c2ccc(OC)cc2OC)C(C(=O)Nc2ccccc2)=C(C)N=3)ccc1OCC(=O)O.